The highest BCUT2D eigenvalue weighted by Crippen LogP contribution is 2.45. The molecule has 0 saturated heterocycles. The van der Waals surface area contributed by atoms with Crippen LogP contribution in [0.5, 0.6) is 0 Å². The summed E-state index contributed by atoms with van der Waals surface area (Å²) < 4.78 is 68.6. The summed E-state index contributed by atoms with van der Waals surface area (Å²) in [7, 11) is -10.0. The summed E-state index contributed by atoms with van der Waals surface area (Å²) in [4.78, 5) is 73.2. The lowest BCUT2D eigenvalue weighted by Crippen LogP contribution is -2.30. The molecule has 0 aliphatic rings. The Hall–Kier alpha value is -6.36. The normalized spacial score (nSPS) is 14.8. The molecule has 0 radical (unpaired) electrons. The average molecular weight is 1600 g/mol. The van der Waals surface area contributed by atoms with Crippen molar-refractivity contribution in [1.82, 2.24) is 0 Å². The lowest BCUT2D eigenvalue weighted by molar-refractivity contribution is -0.161. The maximum absolute atomic E-state index is 13.1. The van der Waals surface area contributed by atoms with Gasteiger partial charge in [-0.1, -0.05) is 331 Å². The Labute approximate surface area is 678 Å². The first kappa shape index (κ1) is 106. The second-order valence-corrected chi connectivity index (χ2v) is 30.2. The number of esters is 4. The van der Waals surface area contributed by atoms with Gasteiger partial charge in [0, 0.05) is 25.7 Å². The molecule has 19 heteroatoms. The van der Waals surface area contributed by atoms with E-state index in [1.807, 2.05) is 36.5 Å². The van der Waals surface area contributed by atoms with E-state index < -0.39 is 97.5 Å². The number of phosphoric ester groups is 2. The minimum absolute atomic E-state index is 0.0284. The molecule has 0 rings (SSSR count). The molecule has 632 valence electrons. The third-order valence-electron chi connectivity index (χ3n) is 16.8. The minimum atomic E-state index is -5.03. The van der Waals surface area contributed by atoms with E-state index in [9.17, 15) is 43.2 Å². The topological polar surface area (TPSA) is 237 Å². The molecule has 2 unspecified atom stereocenters. The van der Waals surface area contributed by atoms with Gasteiger partial charge in [-0.2, -0.15) is 0 Å². The van der Waals surface area contributed by atoms with E-state index in [2.05, 4.69) is 198 Å². The Balaban J connectivity index is 5.56. The van der Waals surface area contributed by atoms with Gasteiger partial charge in [0.25, 0.3) is 0 Å². The van der Waals surface area contributed by atoms with E-state index in [1.54, 1.807) is 0 Å². The molecular formula is C93H148O17P2. The van der Waals surface area contributed by atoms with Crippen LogP contribution >= 0.6 is 15.6 Å². The third kappa shape index (κ3) is 81.6. The number of phosphoric acid groups is 2. The van der Waals surface area contributed by atoms with Crippen molar-refractivity contribution in [1.29, 1.82) is 0 Å². The Morgan fingerprint density at radius 3 is 0.786 bits per heavy atom. The number of carbonyl (C=O) groups is 4. The van der Waals surface area contributed by atoms with E-state index in [1.165, 1.54) is 64.2 Å². The van der Waals surface area contributed by atoms with Crippen molar-refractivity contribution in [3.63, 3.8) is 0 Å². The molecule has 17 nitrogen and oxygen atoms in total. The Bertz CT molecular complexity index is 2940. The Morgan fingerprint density at radius 2 is 0.482 bits per heavy atom. The Kier molecular flexibility index (Phi) is 77.9. The van der Waals surface area contributed by atoms with Crippen LogP contribution in [0.4, 0.5) is 0 Å². The largest absolute Gasteiger partial charge is 0.472 e. The fourth-order valence-electron chi connectivity index (χ4n) is 10.5. The number of ether oxygens (including phenoxy) is 4. The third-order valence-corrected chi connectivity index (χ3v) is 18.7. The van der Waals surface area contributed by atoms with Gasteiger partial charge >= 0.3 is 39.5 Å². The molecule has 0 aromatic carbocycles. The van der Waals surface area contributed by atoms with Crippen molar-refractivity contribution in [2.45, 2.75) is 316 Å². The molecule has 5 atom stereocenters. The highest BCUT2D eigenvalue weighted by Gasteiger charge is 2.30. The molecule has 0 aromatic rings. The van der Waals surface area contributed by atoms with Crippen LogP contribution in [0.15, 0.2) is 207 Å². The predicted molar refractivity (Wildman–Crippen MR) is 463 cm³/mol. The molecule has 0 saturated carbocycles. The summed E-state index contributed by atoms with van der Waals surface area (Å²) in [5.74, 6) is -2.42. The number of hydrogen-bond acceptors (Lipinski definition) is 15. The molecule has 0 bridgehead atoms. The average Bonchev–Trinajstić information content (AvgIpc) is 0.898. The van der Waals surface area contributed by atoms with Crippen LogP contribution in [0, 0.1) is 0 Å². The van der Waals surface area contributed by atoms with Gasteiger partial charge in [-0.25, -0.2) is 9.13 Å². The van der Waals surface area contributed by atoms with Crippen molar-refractivity contribution < 1.29 is 80.2 Å². The van der Waals surface area contributed by atoms with E-state index in [-0.39, 0.29) is 25.7 Å². The summed E-state index contributed by atoms with van der Waals surface area (Å²) in [6.07, 6.45) is 104. The number of allylic oxidation sites excluding steroid dienone is 34. The smallest absolute Gasteiger partial charge is 0.462 e. The van der Waals surface area contributed by atoms with Crippen molar-refractivity contribution in [2.24, 2.45) is 0 Å². The van der Waals surface area contributed by atoms with E-state index >= 15 is 0 Å². The highest BCUT2D eigenvalue weighted by atomic mass is 31.2. The zero-order chi connectivity index (χ0) is 81.7. The van der Waals surface area contributed by atoms with E-state index in [0.717, 1.165) is 141 Å². The lowest BCUT2D eigenvalue weighted by atomic mass is 10.0. The standard InChI is InChI=1S/C93H148O17P2/c1-5-9-13-17-21-25-29-33-37-40-43-46-50-53-57-61-65-69-73-77-90(95)103-83-88(109-92(97)79-75-71-67-63-59-55-49-36-32-28-24-20-16-12-8-4)85-107-111(99,100)105-81-87(94)82-106-112(101,102)108-86-89(110-93(98)80-76-72-68-64-60-56-52-48-45-42-39-35-31-27-23-19-15-11-7-3)84-104-91(96)78-74-70-66-62-58-54-51-47-44-41-38-34-30-26-22-18-14-10-6-2/h9-11,13-15,21-23,25-27,33-35,37-39,43-48,53-54,56-58,60,65,68-69,72,87-89,94H,5-8,12,16-20,24,28-32,36,40-42,49-52,55,59,61-64,66-67,70-71,73-86H2,1-4H3,(H,99,100)(H,101,102)/b13-9-,14-10-,15-11-,25-21-,26-22-,27-23-,37-33-,38-34-,39-35-,46-43-,47-44-,48-45-,57-53-,58-54-,60-56-,69-65-,72-68-/t87-,88-,89-/m1/s1. The van der Waals surface area contributed by atoms with Crippen LogP contribution in [0.1, 0.15) is 297 Å². The monoisotopic (exact) mass is 1600 g/mol. The van der Waals surface area contributed by atoms with Gasteiger partial charge in [0.1, 0.15) is 19.3 Å². The first-order chi connectivity index (χ1) is 54.7. The van der Waals surface area contributed by atoms with Gasteiger partial charge in [0.15, 0.2) is 12.2 Å². The highest BCUT2D eigenvalue weighted by molar-refractivity contribution is 7.47. The van der Waals surface area contributed by atoms with Crippen LogP contribution in [-0.2, 0) is 65.4 Å². The fourth-order valence-corrected chi connectivity index (χ4v) is 12.1. The molecule has 0 heterocycles. The molecule has 0 spiro atoms. The number of carbonyl (C=O) groups excluding carboxylic acids is 4. The molecule has 0 aliphatic carbocycles. The number of rotatable bonds is 77. The number of aliphatic hydroxyl groups is 1. The van der Waals surface area contributed by atoms with Crippen molar-refractivity contribution >= 4 is 39.5 Å². The molecule has 0 amide bonds. The van der Waals surface area contributed by atoms with Gasteiger partial charge in [-0.05, 0) is 148 Å². The number of hydrogen-bond donors (Lipinski definition) is 3. The van der Waals surface area contributed by atoms with Gasteiger partial charge in [0.2, 0.25) is 0 Å². The van der Waals surface area contributed by atoms with E-state index in [0.29, 0.717) is 38.5 Å². The molecule has 0 aromatic heterocycles. The molecular weight excluding hydrogens is 1450 g/mol. The summed E-state index contributed by atoms with van der Waals surface area (Å²) in [6, 6.07) is 0. The predicted octanol–water partition coefficient (Wildman–Crippen LogP) is 25.4. The molecule has 112 heavy (non-hydrogen) atoms. The van der Waals surface area contributed by atoms with Crippen LogP contribution in [0.25, 0.3) is 0 Å². The summed E-state index contributed by atoms with van der Waals surface area (Å²) in [6.45, 7) is 4.32. The van der Waals surface area contributed by atoms with Gasteiger partial charge in [0.05, 0.1) is 26.4 Å². The van der Waals surface area contributed by atoms with Crippen molar-refractivity contribution in [3.05, 3.63) is 207 Å². The first-order valence-electron chi connectivity index (χ1n) is 42.3. The van der Waals surface area contributed by atoms with Crippen LogP contribution < -0.4 is 0 Å². The van der Waals surface area contributed by atoms with Crippen molar-refractivity contribution in [3.8, 4) is 0 Å². The van der Waals surface area contributed by atoms with Gasteiger partial charge < -0.3 is 33.8 Å². The SMILES string of the molecule is CC/C=C\C/C=C\C/C=C\C/C=C\C/C=C\C/C=C\CCC(=O)OC[C@H](COP(=O)(O)OC[C@@H](O)COP(=O)(O)OC[C@@H](COC(=O)CCCCC/C=C\C/C=C\C/C=C\C/C=C\C/C=C\CC)OC(=O)CC/C=C\C/C=C\C/C=C\C/C=C\C/C=C\C/C=C\CC)OC(=O)CCCCCCCCCCCCCCCCC. The zero-order valence-electron chi connectivity index (χ0n) is 69.3. The van der Waals surface area contributed by atoms with Gasteiger partial charge in [-0.3, -0.25) is 37.3 Å². The molecule has 0 fully saturated rings. The van der Waals surface area contributed by atoms with Crippen LogP contribution in [-0.4, -0.2) is 96.7 Å². The van der Waals surface area contributed by atoms with E-state index in [4.69, 9.17) is 37.0 Å². The summed E-state index contributed by atoms with van der Waals surface area (Å²) in [5, 5.41) is 10.7. The van der Waals surface area contributed by atoms with Crippen LogP contribution in [0.2, 0.25) is 0 Å². The Morgan fingerprint density at radius 1 is 0.259 bits per heavy atom. The molecule has 3 N–H and O–H groups in total. The second kappa shape index (κ2) is 82.6. The summed E-state index contributed by atoms with van der Waals surface area (Å²) >= 11 is 0. The maximum atomic E-state index is 13.1. The van der Waals surface area contributed by atoms with Crippen molar-refractivity contribution in [2.75, 3.05) is 39.6 Å². The maximum Gasteiger partial charge on any atom is 0.472 e. The fraction of sp³-hybridized carbons (Fsp3) is 0.591. The van der Waals surface area contributed by atoms with Gasteiger partial charge in [-0.15, -0.1) is 0 Å². The lowest BCUT2D eigenvalue weighted by Gasteiger charge is -2.21. The summed E-state index contributed by atoms with van der Waals surface area (Å²) in [5.41, 5.74) is 0. The minimum Gasteiger partial charge on any atom is -0.462 e. The van der Waals surface area contributed by atoms with Crippen LogP contribution in [0.3, 0.4) is 0 Å². The molecule has 0 aliphatic heterocycles. The number of unbranched alkanes of at least 4 members (excludes halogenated alkanes) is 17. The first-order valence-corrected chi connectivity index (χ1v) is 45.3. The number of aliphatic hydroxyl groups excluding tert-OH is 1. The zero-order valence-corrected chi connectivity index (χ0v) is 71.0. The second-order valence-electron chi connectivity index (χ2n) is 27.3. The quantitative estimate of drug-likeness (QED) is 0.0169.